The molecule has 4 nitrogen and oxygen atoms in total. The first-order valence-electron chi connectivity index (χ1n) is 5.88. The summed E-state index contributed by atoms with van der Waals surface area (Å²) in [7, 11) is 0. The molecule has 2 aromatic carbocycles. The Balaban J connectivity index is 2.48. The van der Waals surface area contributed by atoms with Crippen molar-refractivity contribution in [1.29, 1.82) is 5.26 Å². The van der Waals surface area contributed by atoms with Crippen molar-refractivity contribution in [2.24, 2.45) is 0 Å². The average molecular weight is 265 g/mol. The number of benzene rings is 2. The van der Waals surface area contributed by atoms with E-state index in [-0.39, 0.29) is 11.3 Å². The maximum Gasteiger partial charge on any atom is 0.373 e. The van der Waals surface area contributed by atoms with Crippen LogP contribution in [0.5, 0.6) is 5.75 Å². The van der Waals surface area contributed by atoms with Crippen molar-refractivity contribution >= 4 is 11.5 Å². The van der Waals surface area contributed by atoms with Gasteiger partial charge in [0.25, 0.3) is 0 Å². The van der Waals surface area contributed by atoms with E-state index < -0.39 is 5.97 Å². The lowest BCUT2D eigenvalue weighted by Crippen LogP contribution is -2.10. The van der Waals surface area contributed by atoms with Crippen molar-refractivity contribution in [3.05, 3.63) is 72.0 Å². The SMILES string of the molecule is N#CC(=C(Oc1ccccc1)C(=O)O)c1ccccc1. The molecular formula is C16H11NO3. The summed E-state index contributed by atoms with van der Waals surface area (Å²) in [5, 5.41) is 18.5. The molecule has 0 spiro atoms. The van der Waals surface area contributed by atoms with E-state index >= 15 is 0 Å². The molecule has 0 aliphatic rings. The van der Waals surface area contributed by atoms with Gasteiger partial charge in [-0.3, -0.25) is 0 Å². The van der Waals surface area contributed by atoms with Gasteiger partial charge in [0.1, 0.15) is 17.4 Å². The first-order valence-corrected chi connectivity index (χ1v) is 5.88. The maximum absolute atomic E-state index is 11.3. The third-order valence-corrected chi connectivity index (χ3v) is 2.56. The number of hydrogen-bond donors (Lipinski definition) is 1. The van der Waals surface area contributed by atoms with Crippen LogP contribution < -0.4 is 4.74 Å². The minimum absolute atomic E-state index is 0.0121. The molecule has 0 atom stereocenters. The molecular weight excluding hydrogens is 254 g/mol. The van der Waals surface area contributed by atoms with E-state index in [1.165, 1.54) is 0 Å². The monoisotopic (exact) mass is 265 g/mol. The molecule has 0 aromatic heterocycles. The van der Waals surface area contributed by atoms with Crippen LogP contribution in [-0.4, -0.2) is 11.1 Å². The number of carboxylic acids is 1. The molecule has 0 unspecified atom stereocenters. The highest BCUT2D eigenvalue weighted by molar-refractivity contribution is 5.98. The second-order valence-corrected chi connectivity index (χ2v) is 3.90. The molecule has 0 radical (unpaired) electrons. The standard InChI is InChI=1S/C16H11NO3/c17-11-14(12-7-3-1-4-8-12)15(16(18)19)20-13-9-5-2-6-10-13/h1-10H,(H,18,19). The smallest absolute Gasteiger partial charge is 0.373 e. The van der Waals surface area contributed by atoms with E-state index in [2.05, 4.69) is 0 Å². The summed E-state index contributed by atoms with van der Waals surface area (Å²) in [6.07, 6.45) is 0. The molecule has 0 heterocycles. The zero-order valence-electron chi connectivity index (χ0n) is 10.5. The number of rotatable bonds is 4. The summed E-state index contributed by atoms with van der Waals surface area (Å²) in [5.41, 5.74) is 0.491. The van der Waals surface area contributed by atoms with Crippen LogP contribution in [0.1, 0.15) is 5.56 Å². The number of nitrogens with zero attached hydrogens (tertiary/aromatic N) is 1. The molecule has 20 heavy (non-hydrogen) atoms. The summed E-state index contributed by atoms with van der Waals surface area (Å²) in [6, 6.07) is 19.0. The topological polar surface area (TPSA) is 70.3 Å². The van der Waals surface area contributed by atoms with Crippen LogP contribution in [0.3, 0.4) is 0 Å². The molecule has 2 rings (SSSR count). The van der Waals surface area contributed by atoms with E-state index in [0.717, 1.165) is 0 Å². The second-order valence-electron chi connectivity index (χ2n) is 3.90. The van der Waals surface area contributed by atoms with Crippen LogP contribution >= 0.6 is 0 Å². The Morgan fingerprint density at radius 3 is 2.05 bits per heavy atom. The molecule has 2 aromatic rings. The highest BCUT2D eigenvalue weighted by Crippen LogP contribution is 2.22. The number of ether oxygens (including phenoxy) is 1. The fourth-order valence-corrected chi connectivity index (χ4v) is 1.66. The van der Waals surface area contributed by atoms with Gasteiger partial charge in [0.05, 0.1) is 0 Å². The molecule has 0 amide bonds. The number of nitriles is 1. The van der Waals surface area contributed by atoms with E-state index in [9.17, 15) is 15.2 Å². The number of allylic oxidation sites excluding steroid dienone is 1. The van der Waals surface area contributed by atoms with Crippen LogP contribution in [0.4, 0.5) is 0 Å². The van der Waals surface area contributed by atoms with Crippen LogP contribution in [0.15, 0.2) is 66.4 Å². The van der Waals surface area contributed by atoms with Gasteiger partial charge in [-0.1, -0.05) is 48.5 Å². The quantitative estimate of drug-likeness (QED) is 0.524. The summed E-state index contributed by atoms with van der Waals surface area (Å²) in [5.74, 6) is -1.30. The van der Waals surface area contributed by atoms with Crippen LogP contribution in [0.2, 0.25) is 0 Å². The summed E-state index contributed by atoms with van der Waals surface area (Å²) < 4.78 is 5.34. The van der Waals surface area contributed by atoms with Gasteiger partial charge in [-0.2, -0.15) is 5.26 Å². The fraction of sp³-hybridized carbons (Fsp3) is 0. The Hall–Kier alpha value is -3.06. The Bertz CT molecular complexity index is 670. The molecule has 0 fully saturated rings. The third kappa shape index (κ3) is 3.03. The predicted molar refractivity (Wildman–Crippen MR) is 73.7 cm³/mol. The zero-order chi connectivity index (χ0) is 14.4. The molecule has 1 N–H and O–H groups in total. The largest absolute Gasteiger partial charge is 0.475 e. The van der Waals surface area contributed by atoms with E-state index in [1.54, 1.807) is 60.7 Å². The van der Waals surface area contributed by atoms with Crippen LogP contribution in [-0.2, 0) is 4.79 Å². The number of hydrogen-bond acceptors (Lipinski definition) is 3. The van der Waals surface area contributed by atoms with Gasteiger partial charge < -0.3 is 9.84 Å². The lowest BCUT2D eigenvalue weighted by molar-refractivity contribution is -0.134. The number of carboxylic acid groups (broad SMARTS) is 1. The first-order chi connectivity index (χ1) is 9.72. The summed E-state index contributed by atoms with van der Waals surface area (Å²) in [4.78, 5) is 11.3. The summed E-state index contributed by atoms with van der Waals surface area (Å²) in [6.45, 7) is 0. The van der Waals surface area contributed by atoms with E-state index in [0.29, 0.717) is 11.3 Å². The lowest BCUT2D eigenvalue weighted by atomic mass is 10.1. The molecule has 0 aliphatic heterocycles. The van der Waals surface area contributed by atoms with Crippen molar-refractivity contribution in [3.8, 4) is 11.8 Å². The molecule has 98 valence electrons. The minimum Gasteiger partial charge on any atom is -0.475 e. The highest BCUT2D eigenvalue weighted by atomic mass is 16.5. The zero-order valence-corrected chi connectivity index (χ0v) is 10.5. The molecule has 0 saturated carbocycles. The van der Waals surface area contributed by atoms with Crippen LogP contribution in [0.25, 0.3) is 5.57 Å². The minimum atomic E-state index is -1.28. The normalized spacial score (nSPS) is 11.2. The Morgan fingerprint density at radius 1 is 1.00 bits per heavy atom. The van der Waals surface area contributed by atoms with E-state index in [4.69, 9.17) is 4.74 Å². The maximum atomic E-state index is 11.3. The van der Waals surface area contributed by atoms with Gasteiger partial charge in [-0.25, -0.2) is 4.79 Å². The van der Waals surface area contributed by atoms with Crippen molar-refractivity contribution < 1.29 is 14.6 Å². The highest BCUT2D eigenvalue weighted by Gasteiger charge is 2.18. The van der Waals surface area contributed by atoms with Crippen molar-refractivity contribution in [2.75, 3.05) is 0 Å². The Kier molecular flexibility index (Phi) is 4.15. The van der Waals surface area contributed by atoms with Gasteiger partial charge >= 0.3 is 5.97 Å². The Labute approximate surface area is 116 Å². The van der Waals surface area contributed by atoms with Crippen molar-refractivity contribution in [2.45, 2.75) is 0 Å². The second kappa shape index (κ2) is 6.21. The first kappa shape index (κ1) is 13.4. The molecule has 0 aliphatic carbocycles. The van der Waals surface area contributed by atoms with Crippen molar-refractivity contribution in [3.63, 3.8) is 0 Å². The number of carbonyl (C=O) groups is 1. The van der Waals surface area contributed by atoms with Gasteiger partial charge in [0, 0.05) is 0 Å². The van der Waals surface area contributed by atoms with E-state index in [1.807, 2.05) is 6.07 Å². The molecule has 0 bridgehead atoms. The molecule has 4 heteroatoms. The number of para-hydroxylation sites is 1. The fourth-order valence-electron chi connectivity index (χ4n) is 1.66. The third-order valence-electron chi connectivity index (χ3n) is 2.56. The van der Waals surface area contributed by atoms with Gasteiger partial charge in [-0.15, -0.1) is 0 Å². The summed E-state index contributed by atoms with van der Waals surface area (Å²) >= 11 is 0. The van der Waals surface area contributed by atoms with Crippen LogP contribution in [0, 0.1) is 11.3 Å². The number of aliphatic carboxylic acids is 1. The van der Waals surface area contributed by atoms with Gasteiger partial charge in [0.2, 0.25) is 5.76 Å². The lowest BCUT2D eigenvalue weighted by Gasteiger charge is -2.08. The predicted octanol–water partition coefficient (Wildman–Crippen LogP) is 3.08. The van der Waals surface area contributed by atoms with Crippen molar-refractivity contribution in [1.82, 2.24) is 0 Å². The van der Waals surface area contributed by atoms with Gasteiger partial charge in [-0.05, 0) is 17.7 Å². The average Bonchev–Trinajstić information content (AvgIpc) is 2.49. The molecule has 0 saturated heterocycles. The van der Waals surface area contributed by atoms with Gasteiger partial charge in [0.15, 0.2) is 0 Å². The Morgan fingerprint density at radius 2 is 1.55 bits per heavy atom.